The standard InChI is InChI=1S/C19H14F2N2O2S/c20-12-5-6-13(14(21)9-12)17(22)16(19(25)15-4-2-8-26-15)18(24)11-3-1-7-23-10-11/h1-10,16,18,22,24H. The number of carbonyl (C=O) groups is 1. The molecule has 2 heterocycles. The van der Waals surface area contributed by atoms with Gasteiger partial charge in [-0.3, -0.25) is 9.78 Å². The number of Topliss-reactive ketones (excluding diaryl/α,β-unsaturated/α-hetero) is 1. The molecule has 1 aromatic carbocycles. The molecule has 3 aromatic rings. The van der Waals surface area contributed by atoms with E-state index in [0.29, 0.717) is 16.5 Å². The van der Waals surface area contributed by atoms with Crippen molar-refractivity contribution in [1.82, 2.24) is 4.98 Å². The molecule has 0 aliphatic heterocycles. The minimum atomic E-state index is -1.39. The molecule has 2 aromatic heterocycles. The van der Waals surface area contributed by atoms with Gasteiger partial charge in [0.1, 0.15) is 11.6 Å². The van der Waals surface area contributed by atoms with Crippen LogP contribution in [-0.2, 0) is 0 Å². The van der Waals surface area contributed by atoms with Crippen molar-refractivity contribution in [3.8, 4) is 0 Å². The maximum Gasteiger partial charge on any atom is 0.184 e. The van der Waals surface area contributed by atoms with E-state index in [2.05, 4.69) is 4.98 Å². The van der Waals surface area contributed by atoms with Gasteiger partial charge in [-0.1, -0.05) is 12.1 Å². The first-order valence-electron chi connectivity index (χ1n) is 7.68. The highest BCUT2D eigenvalue weighted by molar-refractivity contribution is 7.12. The number of pyridine rings is 1. The molecule has 0 amide bonds. The Morgan fingerprint density at radius 3 is 2.62 bits per heavy atom. The normalized spacial score (nSPS) is 13.2. The summed E-state index contributed by atoms with van der Waals surface area (Å²) in [6.07, 6.45) is 1.50. The highest BCUT2D eigenvalue weighted by Gasteiger charge is 2.35. The van der Waals surface area contributed by atoms with Crippen LogP contribution in [0.2, 0.25) is 0 Å². The lowest BCUT2D eigenvalue weighted by Crippen LogP contribution is -2.31. The van der Waals surface area contributed by atoms with Gasteiger partial charge in [0, 0.05) is 24.0 Å². The number of hydrogen-bond donors (Lipinski definition) is 2. The summed E-state index contributed by atoms with van der Waals surface area (Å²) in [6, 6.07) is 9.16. The molecule has 2 atom stereocenters. The molecular formula is C19H14F2N2O2S. The van der Waals surface area contributed by atoms with Gasteiger partial charge < -0.3 is 10.5 Å². The van der Waals surface area contributed by atoms with Crippen LogP contribution in [0.15, 0.2) is 60.2 Å². The summed E-state index contributed by atoms with van der Waals surface area (Å²) in [5, 5.41) is 20.8. The van der Waals surface area contributed by atoms with E-state index < -0.39 is 35.2 Å². The fourth-order valence-corrected chi connectivity index (χ4v) is 3.33. The summed E-state index contributed by atoms with van der Waals surface area (Å²) in [5.74, 6) is -3.60. The summed E-state index contributed by atoms with van der Waals surface area (Å²) >= 11 is 1.16. The molecule has 0 spiro atoms. The fraction of sp³-hybridized carbons (Fsp3) is 0.105. The van der Waals surface area contributed by atoms with Crippen LogP contribution in [0.5, 0.6) is 0 Å². The maximum atomic E-state index is 14.1. The van der Waals surface area contributed by atoms with Crippen LogP contribution in [0.3, 0.4) is 0 Å². The molecule has 132 valence electrons. The maximum absolute atomic E-state index is 14.1. The van der Waals surface area contributed by atoms with E-state index in [0.717, 1.165) is 23.5 Å². The summed E-state index contributed by atoms with van der Waals surface area (Å²) in [5.41, 5.74) is -0.323. The molecule has 2 N–H and O–H groups in total. The van der Waals surface area contributed by atoms with Gasteiger partial charge in [-0.05, 0) is 35.2 Å². The van der Waals surface area contributed by atoms with Gasteiger partial charge in [0.25, 0.3) is 0 Å². The molecule has 0 aliphatic rings. The molecule has 7 heteroatoms. The van der Waals surface area contributed by atoms with E-state index in [1.165, 1.54) is 12.4 Å². The van der Waals surface area contributed by atoms with Gasteiger partial charge in [-0.25, -0.2) is 8.78 Å². The molecular weight excluding hydrogens is 358 g/mol. The monoisotopic (exact) mass is 372 g/mol. The van der Waals surface area contributed by atoms with Gasteiger partial charge in [0.2, 0.25) is 0 Å². The SMILES string of the molecule is N=C(c1ccc(F)cc1F)C(C(=O)c1cccs1)C(O)c1cccnc1. The Labute approximate surface area is 152 Å². The number of benzene rings is 1. The zero-order valence-electron chi connectivity index (χ0n) is 13.4. The average Bonchev–Trinajstić information content (AvgIpc) is 3.17. The van der Waals surface area contributed by atoms with E-state index in [1.807, 2.05) is 0 Å². The van der Waals surface area contributed by atoms with Crippen molar-refractivity contribution in [1.29, 1.82) is 5.41 Å². The number of ketones is 1. The molecule has 0 radical (unpaired) electrons. The highest BCUT2D eigenvalue weighted by atomic mass is 32.1. The van der Waals surface area contributed by atoms with Crippen LogP contribution in [0.4, 0.5) is 8.78 Å². The van der Waals surface area contributed by atoms with Crippen molar-refractivity contribution < 1.29 is 18.7 Å². The molecule has 0 fully saturated rings. The van der Waals surface area contributed by atoms with E-state index in [-0.39, 0.29) is 5.56 Å². The van der Waals surface area contributed by atoms with Gasteiger partial charge in [0.05, 0.1) is 22.6 Å². The van der Waals surface area contributed by atoms with Gasteiger partial charge in [0.15, 0.2) is 5.78 Å². The molecule has 0 saturated carbocycles. The van der Waals surface area contributed by atoms with Crippen LogP contribution in [-0.4, -0.2) is 21.6 Å². The van der Waals surface area contributed by atoms with Crippen LogP contribution in [0.1, 0.15) is 26.9 Å². The van der Waals surface area contributed by atoms with Crippen LogP contribution in [0.25, 0.3) is 0 Å². The highest BCUT2D eigenvalue weighted by Crippen LogP contribution is 2.30. The second-order valence-electron chi connectivity index (χ2n) is 5.59. The zero-order valence-corrected chi connectivity index (χ0v) is 14.2. The number of carbonyl (C=O) groups excluding carboxylic acids is 1. The second-order valence-corrected chi connectivity index (χ2v) is 6.54. The predicted octanol–water partition coefficient (Wildman–Crippen LogP) is 4.02. The number of nitrogens with zero attached hydrogens (tertiary/aromatic N) is 1. The van der Waals surface area contributed by atoms with E-state index in [1.54, 1.807) is 29.6 Å². The Hall–Kier alpha value is -2.77. The molecule has 0 saturated heterocycles. The minimum Gasteiger partial charge on any atom is -0.387 e. The average molecular weight is 372 g/mol. The van der Waals surface area contributed by atoms with E-state index >= 15 is 0 Å². The van der Waals surface area contributed by atoms with Crippen molar-refractivity contribution in [3.05, 3.63) is 87.9 Å². The number of rotatable bonds is 6. The number of hydrogen-bond acceptors (Lipinski definition) is 5. The Morgan fingerprint density at radius 1 is 1.19 bits per heavy atom. The minimum absolute atomic E-state index is 0.232. The third-order valence-electron chi connectivity index (χ3n) is 3.92. The fourth-order valence-electron chi connectivity index (χ4n) is 2.62. The summed E-state index contributed by atoms with van der Waals surface area (Å²) in [7, 11) is 0. The van der Waals surface area contributed by atoms with Crippen molar-refractivity contribution in [2.75, 3.05) is 0 Å². The van der Waals surface area contributed by atoms with Crippen molar-refractivity contribution in [2.45, 2.75) is 6.10 Å². The topological polar surface area (TPSA) is 74.0 Å². The predicted molar refractivity (Wildman–Crippen MR) is 94.5 cm³/mol. The first kappa shape index (κ1) is 18.0. The third-order valence-corrected chi connectivity index (χ3v) is 4.80. The molecule has 26 heavy (non-hydrogen) atoms. The number of halogens is 2. The molecule has 0 aliphatic carbocycles. The smallest absolute Gasteiger partial charge is 0.184 e. The number of aliphatic hydroxyl groups excluding tert-OH is 1. The number of aromatic nitrogens is 1. The summed E-state index contributed by atoms with van der Waals surface area (Å²) in [6.45, 7) is 0. The molecule has 4 nitrogen and oxygen atoms in total. The first-order valence-corrected chi connectivity index (χ1v) is 8.56. The second kappa shape index (κ2) is 7.63. The Kier molecular flexibility index (Phi) is 5.29. The quantitative estimate of drug-likeness (QED) is 0.507. The van der Waals surface area contributed by atoms with Crippen molar-refractivity contribution in [2.24, 2.45) is 5.92 Å². The lowest BCUT2D eigenvalue weighted by molar-refractivity contribution is 0.0797. The van der Waals surface area contributed by atoms with Crippen LogP contribution < -0.4 is 0 Å². The number of nitrogens with one attached hydrogen (secondary N) is 1. The van der Waals surface area contributed by atoms with Crippen molar-refractivity contribution in [3.63, 3.8) is 0 Å². The lowest BCUT2D eigenvalue weighted by atomic mass is 9.84. The summed E-state index contributed by atoms with van der Waals surface area (Å²) < 4.78 is 27.3. The van der Waals surface area contributed by atoms with Gasteiger partial charge >= 0.3 is 0 Å². The Balaban J connectivity index is 2.05. The van der Waals surface area contributed by atoms with Crippen LogP contribution >= 0.6 is 11.3 Å². The molecule has 0 bridgehead atoms. The first-order chi connectivity index (χ1) is 12.5. The van der Waals surface area contributed by atoms with E-state index in [4.69, 9.17) is 5.41 Å². The lowest BCUT2D eigenvalue weighted by Gasteiger charge is -2.23. The number of aliphatic hydroxyl groups is 1. The summed E-state index contributed by atoms with van der Waals surface area (Å²) in [4.78, 5) is 17.2. The van der Waals surface area contributed by atoms with E-state index in [9.17, 15) is 18.7 Å². The Bertz CT molecular complexity index is 930. The van der Waals surface area contributed by atoms with Crippen LogP contribution in [0, 0.1) is 23.0 Å². The third kappa shape index (κ3) is 3.58. The number of thiophene rings is 1. The Morgan fingerprint density at radius 2 is 2.00 bits per heavy atom. The molecule has 2 unspecified atom stereocenters. The van der Waals surface area contributed by atoms with Gasteiger partial charge in [-0.15, -0.1) is 11.3 Å². The largest absolute Gasteiger partial charge is 0.387 e. The molecule has 3 rings (SSSR count). The van der Waals surface area contributed by atoms with Crippen molar-refractivity contribution >= 4 is 22.8 Å². The zero-order chi connectivity index (χ0) is 18.7. The van der Waals surface area contributed by atoms with Gasteiger partial charge in [-0.2, -0.15) is 0 Å².